The molecule has 8 heteroatoms. The fourth-order valence-electron chi connectivity index (χ4n) is 2.93. The van der Waals surface area contributed by atoms with Crippen molar-refractivity contribution < 1.29 is 19.1 Å². The van der Waals surface area contributed by atoms with E-state index in [9.17, 15) is 9.59 Å². The SMILES string of the molecule is C=CCNC(=O)c1nc(C(=O)NCc2ccc3c(c2)OCO3)n2ccccc12. The molecule has 0 spiro atoms. The molecule has 3 aromatic rings. The molecule has 1 aliphatic heterocycles. The first-order valence-corrected chi connectivity index (χ1v) is 8.70. The van der Waals surface area contributed by atoms with Gasteiger partial charge in [0.1, 0.15) is 0 Å². The number of rotatable bonds is 6. The molecule has 0 aliphatic carbocycles. The molecule has 2 aromatic heterocycles. The molecule has 1 aliphatic rings. The first-order valence-electron chi connectivity index (χ1n) is 8.70. The molecule has 0 saturated carbocycles. The van der Waals surface area contributed by atoms with Crippen molar-refractivity contribution in [3.8, 4) is 11.5 Å². The minimum Gasteiger partial charge on any atom is -0.454 e. The monoisotopic (exact) mass is 378 g/mol. The molecule has 142 valence electrons. The average molecular weight is 378 g/mol. The number of ether oxygens (including phenoxy) is 2. The van der Waals surface area contributed by atoms with Gasteiger partial charge in [-0.2, -0.15) is 0 Å². The molecule has 28 heavy (non-hydrogen) atoms. The lowest BCUT2D eigenvalue weighted by molar-refractivity contribution is 0.0939. The maximum absolute atomic E-state index is 12.7. The number of hydrogen-bond donors (Lipinski definition) is 2. The molecule has 2 N–H and O–H groups in total. The standard InChI is InChI=1S/C20H18N4O4/c1-2-8-21-19(25)17-14-5-3-4-9-24(14)18(23-17)20(26)22-11-13-6-7-15-16(10-13)28-12-27-15/h2-7,9-10H,1,8,11-12H2,(H,21,25)(H,22,26). The number of hydrogen-bond acceptors (Lipinski definition) is 5. The van der Waals surface area contributed by atoms with Gasteiger partial charge in [0.2, 0.25) is 12.6 Å². The Balaban J connectivity index is 1.55. The van der Waals surface area contributed by atoms with Gasteiger partial charge < -0.3 is 20.1 Å². The third kappa shape index (κ3) is 3.27. The van der Waals surface area contributed by atoms with Crippen molar-refractivity contribution in [3.63, 3.8) is 0 Å². The Morgan fingerprint density at radius 3 is 2.86 bits per heavy atom. The minimum atomic E-state index is -0.387. The Morgan fingerprint density at radius 2 is 2.00 bits per heavy atom. The van der Waals surface area contributed by atoms with Crippen molar-refractivity contribution in [2.45, 2.75) is 6.54 Å². The van der Waals surface area contributed by atoms with E-state index in [2.05, 4.69) is 22.2 Å². The van der Waals surface area contributed by atoms with Crippen LogP contribution in [0.2, 0.25) is 0 Å². The lowest BCUT2D eigenvalue weighted by atomic mass is 10.2. The van der Waals surface area contributed by atoms with Crippen LogP contribution in [-0.2, 0) is 6.54 Å². The van der Waals surface area contributed by atoms with Gasteiger partial charge in [0.25, 0.3) is 11.8 Å². The zero-order chi connectivity index (χ0) is 19.5. The van der Waals surface area contributed by atoms with Crippen LogP contribution in [0, 0.1) is 0 Å². The second-order valence-electron chi connectivity index (χ2n) is 6.11. The van der Waals surface area contributed by atoms with E-state index in [4.69, 9.17) is 9.47 Å². The van der Waals surface area contributed by atoms with Crippen LogP contribution < -0.4 is 20.1 Å². The summed E-state index contributed by atoms with van der Waals surface area (Å²) in [5, 5.41) is 5.51. The van der Waals surface area contributed by atoms with Crippen LogP contribution in [0.5, 0.6) is 11.5 Å². The van der Waals surface area contributed by atoms with Gasteiger partial charge in [-0.05, 0) is 29.8 Å². The van der Waals surface area contributed by atoms with E-state index in [0.717, 1.165) is 5.56 Å². The normalized spacial score (nSPS) is 12.0. The highest BCUT2D eigenvalue weighted by atomic mass is 16.7. The largest absolute Gasteiger partial charge is 0.454 e. The first-order chi connectivity index (χ1) is 13.7. The molecule has 0 bridgehead atoms. The molecule has 0 fully saturated rings. The Hall–Kier alpha value is -3.81. The highest BCUT2D eigenvalue weighted by molar-refractivity contribution is 6.02. The van der Waals surface area contributed by atoms with Crippen molar-refractivity contribution >= 4 is 17.3 Å². The number of nitrogens with one attached hydrogen (secondary N) is 2. The maximum atomic E-state index is 12.7. The lowest BCUT2D eigenvalue weighted by Gasteiger charge is -2.06. The highest BCUT2D eigenvalue weighted by Gasteiger charge is 2.21. The fraction of sp³-hybridized carbons (Fsp3) is 0.150. The zero-order valence-electron chi connectivity index (χ0n) is 15.0. The zero-order valence-corrected chi connectivity index (χ0v) is 15.0. The number of amides is 2. The summed E-state index contributed by atoms with van der Waals surface area (Å²) in [6, 6.07) is 10.8. The number of benzene rings is 1. The number of pyridine rings is 1. The lowest BCUT2D eigenvalue weighted by Crippen LogP contribution is -2.26. The van der Waals surface area contributed by atoms with Gasteiger partial charge in [-0.1, -0.05) is 18.2 Å². The molecule has 3 heterocycles. The van der Waals surface area contributed by atoms with E-state index < -0.39 is 0 Å². The van der Waals surface area contributed by atoms with E-state index in [0.29, 0.717) is 23.6 Å². The number of nitrogens with zero attached hydrogens (tertiary/aromatic N) is 2. The van der Waals surface area contributed by atoms with Gasteiger partial charge in [-0.15, -0.1) is 6.58 Å². The quantitative estimate of drug-likeness (QED) is 0.639. The van der Waals surface area contributed by atoms with Gasteiger partial charge >= 0.3 is 0 Å². The van der Waals surface area contributed by atoms with Crippen molar-refractivity contribution in [2.75, 3.05) is 13.3 Å². The van der Waals surface area contributed by atoms with Crippen LogP contribution in [0.15, 0.2) is 55.3 Å². The van der Waals surface area contributed by atoms with Gasteiger partial charge in [0, 0.05) is 19.3 Å². The molecular weight excluding hydrogens is 360 g/mol. The van der Waals surface area contributed by atoms with Crippen molar-refractivity contribution in [3.05, 3.63) is 72.3 Å². The van der Waals surface area contributed by atoms with E-state index >= 15 is 0 Å². The highest BCUT2D eigenvalue weighted by Crippen LogP contribution is 2.32. The molecule has 0 unspecified atom stereocenters. The molecular formula is C20H18N4O4. The molecule has 0 atom stereocenters. The van der Waals surface area contributed by atoms with Crippen molar-refractivity contribution in [1.82, 2.24) is 20.0 Å². The van der Waals surface area contributed by atoms with Crippen LogP contribution in [0.25, 0.3) is 5.52 Å². The summed E-state index contributed by atoms with van der Waals surface area (Å²) in [7, 11) is 0. The van der Waals surface area contributed by atoms with Crippen molar-refractivity contribution in [2.24, 2.45) is 0 Å². The summed E-state index contributed by atoms with van der Waals surface area (Å²) in [6.45, 7) is 4.37. The van der Waals surface area contributed by atoms with Gasteiger partial charge in [-0.25, -0.2) is 4.98 Å². The minimum absolute atomic E-state index is 0.139. The first kappa shape index (κ1) is 17.6. The van der Waals surface area contributed by atoms with Crippen LogP contribution >= 0.6 is 0 Å². The average Bonchev–Trinajstić information content (AvgIpc) is 3.34. The number of imidazole rings is 1. The second kappa shape index (κ2) is 7.43. The van der Waals surface area contributed by atoms with Crippen LogP contribution in [-0.4, -0.2) is 34.5 Å². The van der Waals surface area contributed by atoms with E-state index in [1.165, 1.54) is 0 Å². The van der Waals surface area contributed by atoms with Gasteiger partial charge in [0.15, 0.2) is 17.2 Å². The number of carbonyl (C=O) groups is 2. The molecule has 0 radical (unpaired) electrons. The fourth-order valence-corrected chi connectivity index (χ4v) is 2.93. The third-order valence-corrected chi connectivity index (χ3v) is 4.26. The molecule has 2 amide bonds. The van der Waals surface area contributed by atoms with Crippen LogP contribution in [0.4, 0.5) is 0 Å². The summed E-state index contributed by atoms with van der Waals surface area (Å²) in [4.78, 5) is 29.3. The molecule has 1 aromatic carbocycles. The predicted octanol–water partition coefficient (Wildman–Crippen LogP) is 1.91. The Kier molecular flexibility index (Phi) is 4.67. The van der Waals surface area contributed by atoms with E-state index in [-0.39, 0.29) is 36.7 Å². The summed E-state index contributed by atoms with van der Waals surface area (Å²) in [6.07, 6.45) is 3.28. The van der Waals surface area contributed by atoms with E-state index in [1.54, 1.807) is 40.9 Å². The Morgan fingerprint density at radius 1 is 1.14 bits per heavy atom. The topological polar surface area (TPSA) is 94.0 Å². The summed E-state index contributed by atoms with van der Waals surface area (Å²) in [5.74, 6) is 0.726. The second-order valence-corrected chi connectivity index (χ2v) is 6.11. The van der Waals surface area contributed by atoms with Crippen molar-refractivity contribution in [1.29, 1.82) is 0 Å². The van der Waals surface area contributed by atoms with Crippen LogP contribution in [0.1, 0.15) is 26.7 Å². The number of carbonyl (C=O) groups excluding carboxylic acids is 2. The van der Waals surface area contributed by atoms with E-state index in [1.807, 2.05) is 12.1 Å². The Labute approximate surface area is 160 Å². The third-order valence-electron chi connectivity index (χ3n) is 4.26. The summed E-state index contributed by atoms with van der Waals surface area (Å²) < 4.78 is 12.2. The molecule has 0 saturated heterocycles. The summed E-state index contributed by atoms with van der Waals surface area (Å²) >= 11 is 0. The van der Waals surface area contributed by atoms with Gasteiger partial charge in [0.05, 0.1) is 5.52 Å². The smallest absolute Gasteiger partial charge is 0.287 e. The van der Waals surface area contributed by atoms with Gasteiger partial charge in [-0.3, -0.25) is 14.0 Å². The molecule has 8 nitrogen and oxygen atoms in total. The number of aromatic nitrogens is 2. The Bertz CT molecular complexity index is 1070. The maximum Gasteiger partial charge on any atom is 0.287 e. The van der Waals surface area contributed by atoms with Crippen LogP contribution in [0.3, 0.4) is 0 Å². The molecule has 4 rings (SSSR count). The number of fused-ring (bicyclic) bond motifs is 2. The predicted molar refractivity (Wildman–Crippen MR) is 101 cm³/mol. The summed E-state index contributed by atoms with van der Waals surface area (Å²) in [5.41, 5.74) is 1.61.